The molecule has 0 bridgehead atoms. The Labute approximate surface area is 104 Å². The normalized spacial score (nSPS) is 18.0. The molecule has 1 aromatic rings. The molecule has 0 saturated carbocycles. The molecule has 0 spiro atoms. The fourth-order valence-corrected chi connectivity index (χ4v) is 1.90. The minimum atomic E-state index is -1.22. The lowest BCUT2D eigenvalue weighted by atomic mass is 9.94. The van der Waals surface area contributed by atoms with Crippen LogP contribution in [0.5, 0.6) is 5.75 Å². The smallest absolute Gasteiger partial charge is 0.348 e. The molecule has 0 unspecified atom stereocenters. The van der Waals surface area contributed by atoms with E-state index < -0.39 is 11.6 Å². The first-order valence-electron chi connectivity index (χ1n) is 5.72. The molecule has 5 nitrogen and oxygen atoms in total. The lowest BCUT2D eigenvalue weighted by molar-refractivity contribution is -0.163. The summed E-state index contributed by atoms with van der Waals surface area (Å²) < 4.78 is 10.8. The molecule has 5 heteroatoms. The van der Waals surface area contributed by atoms with E-state index in [9.17, 15) is 14.7 Å². The summed E-state index contributed by atoms with van der Waals surface area (Å²) in [7, 11) is 0. The van der Waals surface area contributed by atoms with Gasteiger partial charge in [0.2, 0.25) is 5.60 Å². The van der Waals surface area contributed by atoms with E-state index in [-0.39, 0.29) is 0 Å². The van der Waals surface area contributed by atoms with E-state index in [0.717, 1.165) is 6.29 Å². The van der Waals surface area contributed by atoms with Crippen molar-refractivity contribution in [1.29, 1.82) is 0 Å². The average Bonchev–Trinajstić information content (AvgIpc) is 2.40. The van der Waals surface area contributed by atoms with Crippen LogP contribution in [0.15, 0.2) is 24.3 Å². The number of hydrogen-bond donors (Lipinski definition) is 1. The number of carbonyl (C=O) groups is 2. The maximum absolute atomic E-state index is 11.4. The van der Waals surface area contributed by atoms with Crippen LogP contribution in [-0.2, 0) is 9.53 Å². The van der Waals surface area contributed by atoms with E-state index >= 15 is 0 Å². The summed E-state index contributed by atoms with van der Waals surface area (Å²) in [5.41, 5.74) is -0.695. The molecule has 0 amide bonds. The summed E-state index contributed by atoms with van der Waals surface area (Å²) in [6.45, 7) is 0.747. The van der Waals surface area contributed by atoms with Gasteiger partial charge in [0.25, 0.3) is 0 Å². The Balaban J connectivity index is 2.17. The minimum absolute atomic E-state index is 0.317. The van der Waals surface area contributed by atoms with Crippen molar-refractivity contribution in [3.05, 3.63) is 29.8 Å². The second kappa shape index (κ2) is 5.18. The van der Waals surface area contributed by atoms with Crippen LogP contribution in [-0.4, -0.2) is 36.2 Å². The van der Waals surface area contributed by atoms with Crippen LogP contribution in [0.3, 0.4) is 0 Å². The SMILES string of the molecule is O=Cc1ccc(OC2(C(=O)O)CCOCC2)cc1. The largest absolute Gasteiger partial charge is 0.478 e. The molecule has 1 saturated heterocycles. The van der Waals surface area contributed by atoms with Crippen LogP contribution >= 0.6 is 0 Å². The second-order valence-electron chi connectivity index (χ2n) is 4.20. The van der Waals surface area contributed by atoms with E-state index in [1.54, 1.807) is 24.3 Å². The van der Waals surface area contributed by atoms with Gasteiger partial charge in [-0.1, -0.05) is 0 Å². The van der Waals surface area contributed by atoms with E-state index in [4.69, 9.17) is 9.47 Å². The standard InChI is InChI=1S/C13H14O5/c14-9-10-1-3-11(4-2-10)18-13(12(15)16)5-7-17-8-6-13/h1-4,9H,5-8H2,(H,15,16). The van der Waals surface area contributed by atoms with E-state index in [0.29, 0.717) is 37.4 Å². The van der Waals surface area contributed by atoms with E-state index in [2.05, 4.69) is 0 Å². The van der Waals surface area contributed by atoms with Crippen molar-refractivity contribution < 1.29 is 24.2 Å². The average molecular weight is 250 g/mol. The quantitative estimate of drug-likeness (QED) is 0.820. The number of rotatable bonds is 4. The van der Waals surface area contributed by atoms with Crippen LogP contribution in [0.4, 0.5) is 0 Å². The molecule has 0 aromatic heterocycles. The summed E-state index contributed by atoms with van der Waals surface area (Å²) in [5.74, 6) is -0.532. The molecule has 2 rings (SSSR count). The molecule has 1 heterocycles. The van der Waals surface area contributed by atoms with Crippen molar-refractivity contribution in [3.8, 4) is 5.75 Å². The zero-order chi connectivity index (χ0) is 13.0. The Kier molecular flexibility index (Phi) is 3.62. The molecule has 96 valence electrons. The van der Waals surface area contributed by atoms with Gasteiger partial charge in [0, 0.05) is 18.4 Å². The van der Waals surface area contributed by atoms with Crippen LogP contribution in [0.2, 0.25) is 0 Å². The Morgan fingerprint density at radius 2 is 1.89 bits per heavy atom. The monoisotopic (exact) mass is 250 g/mol. The second-order valence-corrected chi connectivity index (χ2v) is 4.20. The van der Waals surface area contributed by atoms with Gasteiger partial charge in [0.05, 0.1) is 13.2 Å². The summed E-state index contributed by atoms with van der Waals surface area (Å²) in [6, 6.07) is 6.39. The predicted molar refractivity (Wildman–Crippen MR) is 62.9 cm³/mol. The Morgan fingerprint density at radius 1 is 1.28 bits per heavy atom. The van der Waals surface area contributed by atoms with Crippen LogP contribution in [0.1, 0.15) is 23.2 Å². The summed E-state index contributed by atoms with van der Waals surface area (Å²) in [6.07, 6.45) is 1.36. The van der Waals surface area contributed by atoms with Gasteiger partial charge >= 0.3 is 5.97 Å². The van der Waals surface area contributed by atoms with Gasteiger partial charge in [-0.2, -0.15) is 0 Å². The molecule has 0 aliphatic carbocycles. The fourth-order valence-electron chi connectivity index (χ4n) is 1.90. The van der Waals surface area contributed by atoms with E-state index in [1.807, 2.05) is 0 Å². The molecular weight excluding hydrogens is 236 g/mol. The number of aliphatic carboxylic acids is 1. The third-order valence-corrected chi connectivity index (χ3v) is 3.02. The first-order valence-corrected chi connectivity index (χ1v) is 5.72. The predicted octanol–water partition coefficient (Wildman–Crippen LogP) is 1.51. The lowest BCUT2D eigenvalue weighted by Crippen LogP contribution is -2.49. The van der Waals surface area contributed by atoms with Crippen molar-refractivity contribution in [2.24, 2.45) is 0 Å². The highest BCUT2D eigenvalue weighted by Gasteiger charge is 2.42. The highest BCUT2D eigenvalue weighted by Crippen LogP contribution is 2.28. The highest BCUT2D eigenvalue weighted by atomic mass is 16.5. The third-order valence-electron chi connectivity index (χ3n) is 3.02. The number of hydrogen-bond acceptors (Lipinski definition) is 4. The summed E-state index contributed by atoms with van der Waals surface area (Å²) in [5, 5.41) is 9.31. The van der Waals surface area contributed by atoms with Gasteiger partial charge in [-0.15, -0.1) is 0 Å². The summed E-state index contributed by atoms with van der Waals surface area (Å²) in [4.78, 5) is 21.9. The van der Waals surface area contributed by atoms with Gasteiger partial charge in [0.1, 0.15) is 12.0 Å². The van der Waals surface area contributed by atoms with Crippen LogP contribution in [0.25, 0.3) is 0 Å². The Hall–Kier alpha value is -1.88. The molecule has 18 heavy (non-hydrogen) atoms. The molecular formula is C13H14O5. The van der Waals surface area contributed by atoms with Gasteiger partial charge < -0.3 is 14.6 Å². The maximum Gasteiger partial charge on any atom is 0.348 e. The molecule has 1 aliphatic heterocycles. The number of ether oxygens (including phenoxy) is 2. The van der Waals surface area contributed by atoms with E-state index in [1.165, 1.54) is 0 Å². The minimum Gasteiger partial charge on any atom is -0.478 e. The van der Waals surface area contributed by atoms with Gasteiger partial charge in [-0.25, -0.2) is 4.79 Å². The van der Waals surface area contributed by atoms with Crippen molar-refractivity contribution in [2.75, 3.05) is 13.2 Å². The number of benzene rings is 1. The molecule has 1 aromatic carbocycles. The third kappa shape index (κ3) is 2.51. The zero-order valence-electron chi connectivity index (χ0n) is 9.80. The van der Waals surface area contributed by atoms with Crippen molar-refractivity contribution >= 4 is 12.3 Å². The van der Waals surface area contributed by atoms with Gasteiger partial charge in [-0.3, -0.25) is 4.79 Å². The summed E-state index contributed by atoms with van der Waals surface area (Å²) >= 11 is 0. The Morgan fingerprint density at radius 3 is 2.39 bits per heavy atom. The van der Waals surface area contributed by atoms with Crippen molar-refractivity contribution in [2.45, 2.75) is 18.4 Å². The molecule has 1 aliphatic rings. The van der Waals surface area contributed by atoms with Crippen LogP contribution in [0, 0.1) is 0 Å². The first-order chi connectivity index (χ1) is 8.66. The van der Waals surface area contributed by atoms with Gasteiger partial charge in [0.15, 0.2) is 0 Å². The molecule has 0 radical (unpaired) electrons. The first kappa shape index (κ1) is 12.6. The molecule has 1 fully saturated rings. The number of carbonyl (C=O) groups excluding carboxylic acids is 1. The fraction of sp³-hybridized carbons (Fsp3) is 0.385. The number of carboxylic acid groups (broad SMARTS) is 1. The molecule has 1 N–H and O–H groups in total. The lowest BCUT2D eigenvalue weighted by Gasteiger charge is -2.33. The topological polar surface area (TPSA) is 72.8 Å². The van der Waals surface area contributed by atoms with Crippen molar-refractivity contribution in [3.63, 3.8) is 0 Å². The van der Waals surface area contributed by atoms with Crippen LogP contribution < -0.4 is 4.74 Å². The van der Waals surface area contributed by atoms with Gasteiger partial charge in [-0.05, 0) is 24.3 Å². The highest BCUT2D eigenvalue weighted by molar-refractivity contribution is 5.78. The maximum atomic E-state index is 11.4. The molecule has 0 atom stereocenters. The zero-order valence-corrected chi connectivity index (χ0v) is 9.80. The number of aldehydes is 1. The number of carboxylic acids is 1. The Bertz CT molecular complexity index is 431. The van der Waals surface area contributed by atoms with Crippen molar-refractivity contribution in [1.82, 2.24) is 0 Å².